The number of hydrogen-bond acceptors (Lipinski definition) is 8. The lowest BCUT2D eigenvalue weighted by atomic mass is 10.0. The van der Waals surface area contributed by atoms with Gasteiger partial charge in [0.1, 0.15) is 18.6 Å². The van der Waals surface area contributed by atoms with Crippen LogP contribution in [0.15, 0.2) is 35.2 Å². The van der Waals surface area contributed by atoms with Gasteiger partial charge in [-0.2, -0.15) is 18.3 Å². The Kier molecular flexibility index (Phi) is 7.47. The molecule has 0 atom stereocenters. The van der Waals surface area contributed by atoms with E-state index in [-0.39, 0.29) is 34.8 Å². The topological polar surface area (TPSA) is 144 Å². The summed E-state index contributed by atoms with van der Waals surface area (Å²) in [5.74, 6) is -1.48. The molecular formula is C23H27F3N8O3. The average molecular weight is 521 g/mol. The first kappa shape index (κ1) is 26.1. The normalized spacial score (nSPS) is 15.2. The second-order valence-corrected chi connectivity index (χ2v) is 8.99. The molecule has 1 saturated heterocycles. The highest BCUT2D eigenvalue weighted by Crippen LogP contribution is 2.27. The van der Waals surface area contributed by atoms with E-state index in [1.54, 1.807) is 10.9 Å². The van der Waals surface area contributed by atoms with Crippen LogP contribution in [0.25, 0.3) is 11.5 Å². The molecule has 1 fully saturated rings. The molecule has 1 aliphatic rings. The fraction of sp³-hybridized carbons (Fsp3) is 0.435. The van der Waals surface area contributed by atoms with Crippen LogP contribution in [-0.2, 0) is 0 Å². The van der Waals surface area contributed by atoms with Crippen LogP contribution in [0, 0.1) is 0 Å². The van der Waals surface area contributed by atoms with E-state index in [9.17, 15) is 22.8 Å². The van der Waals surface area contributed by atoms with E-state index in [4.69, 9.17) is 10.2 Å². The van der Waals surface area contributed by atoms with Crippen molar-refractivity contribution < 1.29 is 27.2 Å². The number of alkyl halides is 3. The summed E-state index contributed by atoms with van der Waals surface area (Å²) in [6.07, 6.45) is 1.24. The van der Waals surface area contributed by atoms with Gasteiger partial charge in [0, 0.05) is 37.1 Å². The summed E-state index contributed by atoms with van der Waals surface area (Å²) < 4.78 is 44.4. The highest BCUT2D eigenvalue weighted by molar-refractivity contribution is 6.07. The Balaban J connectivity index is 1.46. The van der Waals surface area contributed by atoms with Crippen LogP contribution < -0.4 is 16.4 Å². The number of nitrogens with one attached hydrogen (secondary N) is 2. The van der Waals surface area contributed by atoms with E-state index in [1.807, 2.05) is 0 Å². The molecule has 37 heavy (non-hydrogen) atoms. The lowest BCUT2D eigenvalue weighted by molar-refractivity contribution is -0.115. The molecule has 4 heterocycles. The third kappa shape index (κ3) is 6.44. The number of oxazole rings is 1. The smallest absolute Gasteiger partial charge is 0.405 e. The highest BCUT2D eigenvalue weighted by atomic mass is 19.4. The zero-order chi connectivity index (χ0) is 26.7. The summed E-state index contributed by atoms with van der Waals surface area (Å²) in [5, 5.41) is 9.09. The van der Waals surface area contributed by atoms with Crippen LogP contribution in [0.4, 0.5) is 24.7 Å². The molecule has 198 valence electrons. The fourth-order valence-corrected chi connectivity index (χ4v) is 4.07. The van der Waals surface area contributed by atoms with Crippen molar-refractivity contribution in [2.45, 2.75) is 44.9 Å². The van der Waals surface area contributed by atoms with E-state index < -0.39 is 24.5 Å². The number of rotatable bonds is 8. The van der Waals surface area contributed by atoms with Crippen molar-refractivity contribution in [3.63, 3.8) is 0 Å². The van der Waals surface area contributed by atoms with Gasteiger partial charge in [-0.1, -0.05) is 0 Å². The van der Waals surface area contributed by atoms with Crippen LogP contribution >= 0.6 is 0 Å². The summed E-state index contributed by atoms with van der Waals surface area (Å²) in [4.78, 5) is 35.1. The highest BCUT2D eigenvalue weighted by Gasteiger charge is 2.28. The first-order chi connectivity index (χ1) is 17.5. The second-order valence-electron chi connectivity index (χ2n) is 8.99. The molecule has 2 amide bonds. The van der Waals surface area contributed by atoms with Gasteiger partial charge in [0.2, 0.25) is 5.89 Å². The fourth-order valence-electron chi connectivity index (χ4n) is 4.07. The monoisotopic (exact) mass is 520 g/mol. The van der Waals surface area contributed by atoms with Gasteiger partial charge < -0.3 is 25.7 Å². The minimum Gasteiger partial charge on any atom is -0.444 e. The number of nitrogens with zero attached hydrogens (tertiary/aromatic N) is 5. The van der Waals surface area contributed by atoms with Gasteiger partial charge in [-0.15, -0.1) is 0 Å². The molecule has 11 nitrogen and oxygen atoms in total. The Labute approximate surface area is 210 Å². The molecule has 3 aromatic rings. The van der Waals surface area contributed by atoms with Crippen LogP contribution in [0.1, 0.15) is 53.7 Å². The number of amides is 2. The molecule has 0 aromatic carbocycles. The third-order valence-corrected chi connectivity index (χ3v) is 6.03. The third-order valence-electron chi connectivity index (χ3n) is 6.03. The number of piperidine rings is 1. The number of hydrogen-bond donors (Lipinski definition) is 3. The zero-order valence-corrected chi connectivity index (χ0v) is 20.2. The molecular weight excluding hydrogens is 493 g/mol. The van der Waals surface area contributed by atoms with Crippen LogP contribution in [0.2, 0.25) is 0 Å². The molecule has 4 rings (SSSR count). The number of primary amides is 1. The van der Waals surface area contributed by atoms with Gasteiger partial charge in [-0.3, -0.25) is 14.3 Å². The largest absolute Gasteiger partial charge is 0.444 e. The van der Waals surface area contributed by atoms with E-state index >= 15 is 0 Å². The summed E-state index contributed by atoms with van der Waals surface area (Å²) >= 11 is 0. The van der Waals surface area contributed by atoms with Crippen molar-refractivity contribution in [1.82, 2.24) is 24.6 Å². The maximum Gasteiger partial charge on any atom is 0.405 e. The van der Waals surface area contributed by atoms with Gasteiger partial charge in [-0.25, -0.2) is 9.97 Å². The van der Waals surface area contributed by atoms with Crippen molar-refractivity contribution in [2.75, 3.05) is 30.3 Å². The second kappa shape index (κ2) is 10.6. The molecule has 0 unspecified atom stereocenters. The lowest BCUT2D eigenvalue weighted by Crippen LogP contribution is -2.39. The first-order valence-corrected chi connectivity index (χ1v) is 11.7. The number of aromatic nitrogens is 4. The minimum atomic E-state index is -4.41. The summed E-state index contributed by atoms with van der Waals surface area (Å²) in [6, 6.07) is 3.30. The van der Waals surface area contributed by atoms with Crippen molar-refractivity contribution in [3.8, 4) is 11.5 Å². The summed E-state index contributed by atoms with van der Waals surface area (Å²) in [6.45, 7) is 4.80. The molecule has 4 N–H and O–H groups in total. The summed E-state index contributed by atoms with van der Waals surface area (Å²) in [7, 11) is 0. The Morgan fingerprint density at radius 3 is 2.65 bits per heavy atom. The average Bonchev–Trinajstić information content (AvgIpc) is 3.51. The first-order valence-electron chi connectivity index (χ1n) is 11.7. The van der Waals surface area contributed by atoms with E-state index in [0.717, 1.165) is 32.2 Å². The Bertz CT molecular complexity index is 1260. The number of pyridine rings is 1. The number of halogens is 3. The van der Waals surface area contributed by atoms with Crippen molar-refractivity contribution >= 4 is 23.3 Å². The van der Waals surface area contributed by atoms with Gasteiger partial charge >= 0.3 is 6.18 Å². The molecule has 0 bridgehead atoms. The van der Waals surface area contributed by atoms with Crippen molar-refractivity contribution in [3.05, 3.63) is 42.2 Å². The Hall–Kier alpha value is -3.94. The lowest BCUT2D eigenvalue weighted by Gasteiger charge is -2.34. The van der Waals surface area contributed by atoms with Crippen LogP contribution in [0.3, 0.4) is 0 Å². The van der Waals surface area contributed by atoms with Crippen molar-refractivity contribution in [2.24, 2.45) is 5.73 Å². The van der Waals surface area contributed by atoms with Gasteiger partial charge in [0.05, 0.1) is 11.7 Å². The molecule has 0 saturated carbocycles. The molecule has 0 aliphatic carbocycles. The molecule has 3 aromatic heterocycles. The van der Waals surface area contributed by atoms with Gasteiger partial charge in [0.25, 0.3) is 11.8 Å². The quantitative estimate of drug-likeness (QED) is 0.410. The Morgan fingerprint density at radius 2 is 2.00 bits per heavy atom. The van der Waals surface area contributed by atoms with E-state index in [1.165, 1.54) is 18.3 Å². The predicted molar refractivity (Wildman–Crippen MR) is 128 cm³/mol. The summed E-state index contributed by atoms with van der Waals surface area (Å²) in [5.41, 5.74) is 5.78. The number of carbonyl (C=O) groups is 2. The minimum absolute atomic E-state index is 0.00495. The predicted octanol–water partition coefficient (Wildman–Crippen LogP) is 3.30. The molecule has 0 spiro atoms. The van der Waals surface area contributed by atoms with Crippen LogP contribution in [0.5, 0.6) is 0 Å². The number of likely N-dealkylation sites (tertiary alicyclic amines) is 1. The Morgan fingerprint density at radius 1 is 1.27 bits per heavy atom. The van der Waals surface area contributed by atoms with E-state index in [0.29, 0.717) is 11.6 Å². The van der Waals surface area contributed by atoms with Crippen molar-refractivity contribution in [1.29, 1.82) is 0 Å². The number of anilines is 2. The maximum atomic E-state index is 12.8. The zero-order valence-electron chi connectivity index (χ0n) is 20.2. The molecule has 0 radical (unpaired) electrons. The number of nitrogens with two attached hydrogens (primary N) is 1. The standard InChI is InChI=1S/C23H27F3N8O3/c1-13(2)33-7-4-15(5-8-33)34-10-16(19(32-34)20(27)35)30-21(36)17-11-37-22(31-17)14-3-6-28-18(9-14)29-12-23(24,25)26/h3,6,9-11,13,15H,4-5,7-8,12H2,1-2H3,(H2,27,35)(H,28,29)(H,30,36). The van der Waals surface area contributed by atoms with Gasteiger partial charge in [0.15, 0.2) is 11.4 Å². The molecule has 14 heteroatoms. The maximum absolute atomic E-state index is 12.8. The van der Waals surface area contributed by atoms with E-state index in [2.05, 4.69) is 44.4 Å². The van der Waals surface area contributed by atoms with Crippen LogP contribution in [-0.4, -0.2) is 68.3 Å². The number of carbonyl (C=O) groups excluding carboxylic acids is 2. The van der Waals surface area contributed by atoms with Gasteiger partial charge in [-0.05, 0) is 38.8 Å². The molecule has 1 aliphatic heterocycles. The SMILES string of the molecule is CC(C)N1CCC(n2cc(NC(=O)c3coc(-c4ccnc(NCC(F)(F)F)c4)n3)c(C(N)=O)n2)CC1.